The number of thioether (sulfide) groups is 1. The third kappa shape index (κ3) is 5.50. The van der Waals surface area contributed by atoms with Crippen LogP contribution >= 0.6 is 11.8 Å². The van der Waals surface area contributed by atoms with Crippen LogP contribution in [0, 0.1) is 5.92 Å². The molecule has 1 N–H and O–H groups in total. The molecule has 1 fully saturated rings. The molecule has 0 aromatic carbocycles. The van der Waals surface area contributed by atoms with Crippen LogP contribution in [0.15, 0.2) is 0 Å². The molecule has 0 radical (unpaired) electrons. The largest absolute Gasteiger partial charge is 0.310 e. The van der Waals surface area contributed by atoms with Crippen molar-refractivity contribution in [2.45, 2.75) is 58.5 Å². The highest BCUT2D eigenvalue weighted by atomic mass is 32.2. The van der Waals surface area contributed by atoms with Gasteiger partial charge in [-0.1, -0.05) is 13.8 Å². The Balaban J connectivity index is 2.37. The molecule has 0 aromatic heterocycles. The first-order chi connectivity index (χ1) is 8.71. The van der Waals surface area contributed by atoms with Crippen molar-refractivity contribution in [1.82, 2.24) is 10.2 Å². The summed E-state index contributed by atoms with van der Waals surface area (Å²) in [7, 11) is 0. The monoisotopic (exact) mass is 272 g/mol. The molecule has 1 rings (SSSR count). The number of rotatable bonds is 8. The molecule has 2 nitrogen and oxygen atoms in total. The number of nitrogens with one attached hydrogen (secondary N) is 1. The number of nitrogens with zero attached hydrogens (tertiary/aromatic N) is 1. The fraction of sp³-hybridized carbons (Fsp3) is 1.00. The Hall–Kier alpha value is 0.270. The van der Waals surface area contributed by atoms with Gasteiger partial charge in [0.2, 0.25) is 0 Å². The molecule has 18 heavy (non-hydrogen) atoms. The van der Waals surface area contributed by atoms with Crippen LogP contribution in [0.4, 0.5) is 0 Å². The van der Waals surface area contributed by atoms with Gasteiger partial charge in [-0.05, 0) is 57.9 Å². The van der Waals surface area contributed by atoms with E-state index in [0.717, 1.165) is 5.92 Å². The highest BCUT2D eigenvalue weighted by Gasteiger charge is 2.25. The molecule has 108 valence electrons. The summed E-state index contributed by atoms with van der Waals surface area (Å²) in [4.78, 5) is 2.65. The number of hydrogen-bond acceptors (Lipinski definition) is 3. The fourth-order valence-electron chi connectivity index (χ4n) is 3.01. The molecule has 0 amide bonds. The molecule has 1 saturated heterocycles. The Bertz CT molecular complexity index is 209. The van der Waals surface area contributed by atoms with Gasteiger partial charge >= 0.3 is 0 Å². The standard InChI is InChI=1S/C15H32N2S/c1-5-9-17-10-7-8-14(11-17)13(3)16-15(6-2)12-18-4/h13-16H,5-12H2,1-4H3. The lowest BCUT2D eigenvalue weighted by Gasteiger charge is -2.37. The van der Waals surface area contributed by atoms with Gasteiger partial charge in [0.1, 0.15) is 0 Å². The maximum absolute atomic E-state index is 3.85. The van der Waals surface area contributed by atoms with Gasteiger partial charge < -0.3 is 10.2 Å². The molecule has 0 aromatic rings. The van der Waals surface area contributed by atoms with Crippen molar-refractivity contribution in [2.75, 3.05) is 31.6 Å². The van der Waals surface area contributed by atoms with Crippen LogP contribution < -0.4 is 5.32 Å². The Labute approximate surface area is 118 Å². The van der Waals surface area contributed by atoms with E-state index >= 15 is 0 Å². The van der Waals surface area contributed by atoms with E-state index in [4.69, 9.17) is 0 Å². The van der Waals surface area contributed by atoms with Crippen molar-refractivity contribution in [3.8, 4) is 0 Å². The van der Waals surface area contributed by atoms with E-state index in [9.17, 15) is 0 Å². The highest BCUT2D eigenvalue weighted by molar-refractivity contribution is 7.98. The summed E-state index contributed by atoms with van der Waals surface area (Å²) < 4.78 is 0. The van der Waals surface area contributed by atoms with Crippen molar-refractivity contribution in [3.63, 3.8) is 0 Å². The third-order valence-electron chi connectivity index (χ3n) is 4.15. The van der Waals surface area contributed by atoms with Gasteiger partial charge in [-0.15, -0.1) is 0 Å². The number of hydrogen-bond donors (Lipinski definition) is 1. The predicted octanol–water partition coefficient (Wildman–Crippen LogP) is 3.23. The van der Waals surface area contributed by atoms with Crippen LogP contribution in [0.1, 0.15) is 46.5 Å². The molecule has 3 atom stereocenters. The second-order valence-electron chi connectivity index (χ2n) is 5.72. The zero-order valence-electron chi connectivity index (χ0n) is 12.7. The fourth-order valence-corrected chi connectivity index (χ4v) is 3.75. The van der Waals surface area contributed by atoms with Crippen molar-refractivity contribution in [2.24, 2.45) is 5.92 Å². The van der Waals surface area contributed by atoms with Crippen LogP contribution in [-0.2, 0) is 0 Å². The second kappa shape index (κ2) is 9.22. The summed E-state index contributed by atoms with van der Waals surface area (Å²) in [6, 6.07) is 1.36. The van der Waals surface area contributed by atoms with Gasteiger partial charge in [-0.25, -0.2) is 0 Å². The molecule has 0 saturated carbocycles. The first kappa shape index (κ1) is 16.3. The predicted molar refractivity (Wildman–Crippen MR) is 84.5 cm³/mol. The zero-order valence-corrected chi connectivity index (χ0v) is 13.6. The van der Waals surface area contributed by atoms with E-state index < -0.39 is 0 Å². The summed E-state index contributed by atoms with van der Waals surface area (Å²) in [5.41, 5.74) is 0. The van der Waals surface area contributed by atoms with Crippen molar-refractivity contribution < 1.29 is 0 Å². The van der Waals surface area contributed by atoms with E-state index in [1.807, 2.05) is 11.8 Å². The first-order valence-corrected chi connectivity index (χ1v) is 9.07. The Morgan fingerprint density at radius 3 is 2.78 bits per heavy atom. The topological polar surface area (TPSA) is 15.3 Å². The number of likely N-dealkylation sites (tertiary alicyclic amines) is 1. The summed E-state index contributed by atoms with van der Waals surface area (Å²) in [5.74, 6) is 2.09. The van der Waals surface area contributed by atoms with E-state index in [1.54, 1.807) is 0 Å². The maximum atomic E-state index is 3.85. The summed E-state index contributed by atoms with van der Waals surface area (Å²) in [6.45, 7) is 10.9. The Morgan fingerprint density at radius 2 is 2.17 bits per heavy atom. The summed E-state index contributed by atoms with van der Waals surface area (Å²) >= 11 is 1.96. The SMILES string of the molecule is CCCN1CCCC(C(C)NC(CC)CSC)C1. The lowest BCUT2D eigenvalue weighted by Crippen LogP contribution is -2.48. The molecular weight excluding hydrogens is 240 g/mol. The molecule has 1 aliphatic rings. The lowest BCUT2D eigenvalue weighted by atomic mass is 9.91. The summed E-state index contributed by atoms with van der Waals surface area (Å²) in [6.07, 6.45) is 7.54. The molecule has 0 bridgehead atoms. The van der Waals surface area contributed by atoms with E-state index in [0.29, 0.717) is 12.1 Å². The minimum atomic E-state index is 0.668. The highest BCUT2D eigenvalue weighted by Crippen LogP contribution is 2.20. The molecule has 1 aliphatic heterocycles. The minimum absolute atomic E-state index is 0.668. The van der Waals surface area contributed by atoms with Gasteiger partial charge in [0.05, 0.1) is 0 Å². The van der Waals surface area contributed by atoms with Gasteiger partial charge in [-0.2, -0.15) is 11.8 Å². The van der Waals surface area contributed by atoms with Crippen LogP contribution in [0.2, 0.25) is 0 Å². The molecule has 3 heteroatoms. The summed E-state index contributed by atoms with van der Waals surface area (Å²) in [5, 5.41) is 3.85. The molecule has 0 spiro atoms. The van der Waals surface area contributed by atoms with Crippen LogP contribution in [0.5, 0.6) is 0 Å². The van der Waals surface area contributed by atoms with Gasteiger partial charge in [-0.3, -0.25) is 0 Å². The molecule has 0 aliphatic carbocycles. The van der Waals surface area contributed by atoms with Crippen LogP contribution in [0.3, 0.4) is 0 Å². The first-order valence-electron chi connectivity index (χ1n) is 7.68. The van der Waals surface area contributed by atoms with E-state index in [-0.39, 0.29) is 0 Å². The average molecular weight is 273 g/mol. The van der Waals surface area contributed by atoms with Gasteiger partial charge in [0.15, 0.2) is 0 Å². The second-order valence-corrected chi connectivity index (χ2v) is 6.63. The minimum Gasteiger partial charge on any atom is -0.310 e. The average Bonchev–Trinajstić information content (AvgIpc) is 2.39. The number of piperidine rings is 1. The Kier molecular flexibility index (Phi) is 8.36. The molecule has 3 unspecified atom stereocenters. The van der Waals surface area contributed by atoms with Gasteiger partial charge in [0.25, 0.3) is 0 Å². The van der Waals surface area contributed by atoms with Crippen molar-refractivity contribution >= 4 is 11.8 Å². The van der Waals surface area contributed by atoms with Crippen molar-refractivity contribution in [3.05, 3.63) is 0 Å². The van der Waals surface area contributed by atoms with Crippen LogP contribution in [-0.4, -0.2) is 48.6 Å². The molecule has 1 heterocycles. The maximum Gasteiger partial charge on any atom is 0.0158 e. The van der Waals surface area contributed by atoms with Gasteiger partial charge in [0, 0.05) is 24.4 Å². The quantitative estimate of drug-likeness (QED) is 0.730. The Morgan fingerprint density at radius 1 is 1.39 bits per heavy atom. The van der Waals surface area contributed by atoms with Crippen molar-refractivity contribution in [1.29, 1.82) is 0 Å². The lowest BCUT2D eigenvalue weighted by molar-refractivity contribution is 0.147. The van der Waals surface area contributed by atoms with E-state index in [2.05, 4.69) is 37.2 Å². The molecular formula is C15H32N2S. The third-order valence-corrected chi connectivity index (χ3v) is 4.88. The van der Waals surface area contributed by atoms with E-state index in [1.165, 1.54) is 51.1 Å². The normalized spacial score (nSPS) is 25.0. The smallest absolute Gasteiger partial charge is 0.0158 e. The zero-order chi connectivity index (χ0) is 13.4. The van der Waals surface area contributed by atoms with Crippen LogP contribution in [0.25, 0.3) is 0 Å².